The molecule has 2 aliphatic heterocycles. The highest BCUT2D eigenvalue weighted by Crippen LogP contribution is 2.17. The molecule has 2 heterocycles. The lowest BCUT2D eigenvalue weighted by molar-refractivity contribution is -0.135. The molecule has 0 aromatic rings. The normalized spacial score (nSPS) is 23.2. The first-order chi connectivity index (χ1) is 8.18. The third-order valence-corrected chi connectivity index (χ3v) is 3.99. The highest BCUT2D eigenvalue weighted by atomic mass is 35.5. The number of nitrogens with one attached hydrogen (secondary N) is 1. The van der Waals surface area contributed by atoms with Crippen molar-refractivity contribution >= 4 is 30.7 Å². The van der Waals surface area contributed by atoms with Crippen molar-refractivity contribution in [2.75, 3.05) is 46.3 Å². The van der Waals surface area contributed by atoms with E-state index in [0.717, 1.165) is 52.1 Å². The average molecular weight is 313 g/mol. The molecule has 114 valence electrons. The fraction of sp³-hybridized carbons (Fsp3) is 0.917. The number of rotatable bonds is 2. The van der Waals surface area contributed by atoms with Gasteiger partial charge in [-0.3, -0.25) is 4.79 Å². The smallest absolute Gasteiger partial charge is 0.239 e. The van der Waals surface area contributed by atoms with E-state index in [-0.39, 0.29) is 36.8 Å². The number of carbonyl (C=O) groups is 1. The summed E-state index contributed by atoms with van der Waals surface area (Å²) in [6.07, 6.45) is 2.06. The van der Waals surface area contributed by atoms with Gasteiger partial charge in [-0.1, -0.05) is 0 Å². The molecular formula is C12H26Cl2N4O. The van der Waals surface area contributed by atoms with Gasteiger partial charge in [0.25, 0.3) is 0 Å². The fourth-order valence-electron chi connectivity index (χ4n) is 2.64. The van der Waals surface area contributed by atoms with Crippen molar-refractivity contribution in [2.24, 2.45) is 11.7 Å². The Kier molecular flexibility index (Phi) is 8.94. The van der Waals surface area contributed by atoms with Crippen molar-refractivity contribution in [3.05, 3.63) is 0 Å². The number of hydrogen-bond acceptors (Lipinski definition) is 4. The third-order valence-electron chi connectivity index (χ3n) is 3.99. The van der Waals surface area contributed by atoms with Gasteiger partial charge < -0.3 is 20.9 Å². The second-order valence-electron chi connectivity index (χ2n) is 5.24. The largest absolute Gasteiger partial charge is 0.339 e. The van der Waals surface area contributed by atoms with Gasteiger partial charge in [0.15, 0.2) is 0 Å². The number of piperazine rings is 1. The van der Waals surface area contributed by atoms with E-state index in [0.29, 0.717) is 5.92 Å². The molecule has 0 spiro atoms. The Balaban J connectivity index is 0.00000162. The molecule has 5 nitrogen and oxygen atoms in total. The Labute approximate surface area is 128 Å². The Bertz CT molecular complexity index is 266. The van der Waals surface area contributed by atoms with E-state index >= 15 is 0 Å². The summed E-state index contributed by atoms with van der Waals surface area (Å²) in [5, 5.41) is 3.31. The van der Waals surface area contributed by atoms with Crippen LogP contribution >= 0.6 is 24.8 Å². The zero-order chi connectivity index (χ0) is 12.3. The second-order valence-corrected chi connectivity index (χ2v) is 5.24. The van der Waals surface area contributed by atoms with Gasteiger partial charge in [-0.2, -0.15) is 0 Å². The van der Waals surface area contributed by atoms with E-state index in [1.165, 1.54) is 0 Å². The number of hydrogen-bond donors (Lipinski definition) is 2. The van der Waals surface area contributed by atoms with Crippen LogP contribution in [0.15, 0.2) is 0 Å². The van der Waals surface area contributed by atoms with Gasteiger partial charge in [-0.15, -0.1) is 24.8 Å². The van der Waals surface area contributed by atoms with Crippen LogP contribution in [0.3, 0.4) is 0 Å². The number of nitrogens with two attached hydrogens (primary N) is 1. The summed E-state index contributed by atoms with van der Waals surface area (Å²) in [6, 6.07) is -0.291. The molecule has 2 fully saturated rings. The second kappa shape index (κ2) is 8.97. The molecule has 0 bridgehead atoms. The molecule has 19 heavy (non-hydrogen) atoms. The molecule has 7 heteroatoms. The molecular weight excluding hydrogens is 287 g/mol. The van der Waals surface area contributed by atoms with Gasteiger partial charge in [0.2, 0.25) is 5.91 Å². The molecule has 2 rings (SSSR count). The van der Waals surface area contributed by atoms with Crippen LogP contribution in [0, 0.1) is 5.92 Å². The van der Waals surface area contributed by atoms with E-state index in [1.807, 2.05) is 4.90 Å². The predicted molar refractivity (Wildman–Crippen MR) is 82.1 cm³/mol. The topological polar surface area (TPSA) is 61.6 Å². The summed E-state index contributed by atoms with van der Waals surface area (Å²) in [6.45, 7) is 5.57. The monoisotopic (exact) mass is 312 g/mol. The van der Waals surface area contributed by atoms with Crippen LogP contribution in [0.25, 0.3) is 0 Å². The van der Waals surface area contributed by atoms with Crippen LogP contribution in [-0.4, -0.2) is 68.1 Å². The molecule has 2 saturated heterocycles. The summed E-state index contributed by atoms with van der Waals surface area (Å²) in [5.74, 6) is 0.522. The minimum absolute atomic E-state index is 0. The third kappa shape index (κ3) is 5.08. The van der Waals surface area contributed by atoms with E-state index < -0.39 is 0 Å². The summed E-state index contributed by atoms with van der Waals surface area (Å²) < 4.78 is 0. The van der Waals surface area contributed by atoms with Gasteiger partial charge in [0, 0.05) is 26.2 Å². The molecule has 0 aromatic carbocycles. The quantitative estimate of drug-likeness (QED) is 0.749. The highest BCUT2D eigenvalue weighted by molar-refractivity contribution is 5.85. The van der Waals surface area contributed by atoms with E-state index in [9.17, 15) is 4.79 Å². The van der Waals surface area contributed by atoms with Crippen LogP contribution in [-0.2, 0) is 4.79 Å². The molecule has 1 atom stereocenters. The lowest BCUT2D eigenvalue weighted by atomic mass is 9.90. The summed E-state index contributed by atoms with van der Waals surface area (Å²) in [7, 11) is 2.09. The van der Waals surface area contributed by atoms with Crippen LogP contribution < -0.4 is 11.1 Å². The van der Waals surface area contributed by atoms with Gasteiger partial charge in [-0.05, 0) is 38.9 Å². The predicted octanol–water partition coefficient (Wildman–Crippen LogP) is -0.0691. The Morgan fingerprint density at radius 2 is 1.68 bits per heavy atom. The standard InChI is InChI=1S/C12H24N4O.2ClH/c1-15-6-8-16(9-7-15)12(17)11(13)10-2-4-14-5-3-10;;/h10-11,14H,2-9,13H2,1H3;2*1H. The van der Waals surface area contributed by atoms with Gasteiger partial charge in [-0.25, -0.2) is 0 Å². The number of amides is 1. The maximum Gasteiger partial charge on any atom is 0.239 e. The Hall–Kier alpha value is -0.0700. The highest BCUT2D eigenvalue weighted by Gasteiger charge is 2.30. The van der Waals surface area contributed by atoms with Gasteiger partial charge >= 0.3 is 0 Å². The molecule has 0 radical (unpaired) electrons. The minimum atomic E-state index is -0.291. The van der Waals surface area contributed by atoms with Crippen molar-refractivity contribution in [1.29, 1.82) is 0 Å². The SMILES string of the molecule is CN1CCN(C(=O)C(N)C2CCNCC2)CC1.Cl.Cl. The minimum Gasteiger partial charge on any atom is -0.339 e. The maximum atomic E-state index is 12.3. The van der Waals surface area contributed by atoms with Crippen molar-refractivity contribution in [2.45, 2.75) is 18.9 Å². The lowest BCUT2D eigenvalue weighted by Crippen LogP contribution is -2.55. The molecule has 0 saturated carbocycles. The molecule has 1 amide bonds. The number of likely N-dealkylation sites (N-methyl/N-ethyl adjacent to an activating group) is 1. The zero-order valence-electron chi connectivity index (χ0n) is 11.5. The molecule has 2 aliphatic rings. The van der Waals surface area contributed by atoms with Crippen molar-refractivity contribution in [3.8, 4) is 0 Å². The summed E-state index contributed by atoms with van der Waals surface area (Å²) in [4.78, 5) is 16.5. The molecule has 0 aliphatic carbocycles. The fourth-order valence-corrected chi connectivity index (χ4v) is 2.64. The molecule has 0 aromatic heterocycles. The number of carbonyl (C=O) groups excluding carboxylic acids is 1. The van der Waals surface area contributed by atoms with Crippen molar-refractivity contribution < 1.29 is 4.79 Å². The zero-order valence-corrected chi connectivity index (χ0v) is 13.1. The van der Waals surface area contributed by atoms with E-state index in [2.05, 4.69) is 17.3 Å². The van der Waals surface area contributed by atoms with Crippen LogP contribution in [0.5, 0.6) is 0 Å². The van der Waals surface area contributed by atoms with E-state index in [4.69, 9.17) is 5.73 Å². The van der Waals surface area contributed by atoms with Crippen LogP contribution in [0.4, 0.5) is 0 Å². The number of nitrogens with zero attached hydrogens (tertiary/aromatic N) is 2. The summed E-state index contributed by atoms with van der Waals surface area (Å²) >= 11 is 0. The Morgan fingerprint density at radius 1 is 1.16 bits per heavy atom. The van der Waals surface area contributed by atoms with Crippen molar-refractivity contribution in [1.82, 2.24) is 15.1 Å². The first-order valence-corrected chi connectivity index (χ1v) is 6.62. The Morgan fingerprint density at radius 3 is 2.21 bits per heavy atom. The van der Waals surface area contributed by atoms with Crippen LogP contribution in [0.1, 0.15) is 12.8 Å². The van der Waals surface area contributed by atoms with E-state index in [1.54, 1.807) is 0 Å². The number of piperidine rings is 1. The van der Waals surface area contributed by atoms with Crippen molar-refractivity contribution in [3.63, 3.8) is 0 Å². The lowest BCUT2D eigenvalue weighted by Gasteiger charge is -2.36. The first kappa shape index (κ1) is 18.9. The van der Waals surface area contributed by atoms with Crippen LogP contribution in [0.2, 0.25) is 0 Å². The molecule has 3 N–H and O–H groups in total. The maximum absolute atomic E-state index is 12.3. The first-order valence-electron chi connectivity index (χ1n) is 6.62. The van der Waals surface area contributed by atoms with Gasteiger partial charge in [0.1, 0.15) is 0 Å². The average Bonchev–Trinajstić information content (AvgIpc) is 2.39. The summed E-state index contributed by atoms with van der Waals surface area (Å²) in [5.41, 5.74) is 6.12. The van der Waals surface area contributed by atoms with Gasteiger partial charge in [0.05, 0.1) is 6.04 Å². The number of halogens is 2. The molecule has 1 unspecified atom stereocenters.